The molecule has 17 heavy (non-hydrogen) atoms. The van der Waals surface area contributed by atoms with Gasteiger partial charge in [-0.3, -0.25) is 0 Å². The second-order valence-corrected chi connectivity index (χ2v) is 5.06. The molecule has 0 aliphatic heterocycles. The van der Waals surface area contributed by atoms with E-state index >= 15 is 0 Å². The molecule has 0 atom stereocenters. The third-order valence-corrected chi connectivity index (χ3v) is 3.56. The van der Waals surface area contributed by atoms with Crippen LogP contribution >= 0.6 is 12.2 Å². The first-order chi connectivity index (χ1) is 8.09. The highest BCUT2D eigenvalue weighted by atomic mass is 32.1. The number of H-pyrrole nitrogens is 1. The van der Waals surface area contributed by atoms with Crippen LogP contribution in [-0.4, -0.2) is 34.1 Å². The Kier molecular flexibility index (Phi) is 3.64. The molecule has 0 fully saturated rings. The summed E-state index contributed by atoms with van der Waals surface area (Å²) in [5.74, 6) is 0. The van der Waals surface area contributed by atoms with E-state index in [1.807, 2.05) is 12.1 Å². The van der Waals surface area contributed by atoms with E-state index in [4.69, 9.17) is 12.2 Å². The van der Waals surface area contributed by atoms with E-state index in [9.17, 15) is 0 Å². The number of likely N-dealkylation sites (N-methyl/N-ethyl adjacent to an activating group) is 1. The monoisotopic (exact) mass is 249 g/mol. The fourth-order valence-corrected chi connectivity index (χ4v) is 2.14. The molecule has 3 nitrogen and oxygen atoms in total. The van der Waals surface area contributed by atoms with Crippen molar-refractivity contribution in [1.82, 2.24) is 14.5 Å². The van der Waals surface area contributed by atoms with Crippen molar-refractivity contribution in [3.63, 3.8) is 0 Å². The summed E-state index contributed by atoms with van der Waals surface area (Å²) >= 11 is 5.36. The van der Waals surface area contributed by atoms with Crippen molar-refractivity contribution in [3.8, 4) is 0 Å². The summed E-state index contributed by atoms with van der Waals surface area (Å²) in [7, 11) is 2.14. The van der Waals surface area contributed by atoms with Gasteiger partial charge < -0.3 is 14.5 Å². The molecule has 1 aromatic carbocycles. The molecule has 0 bridgehead atoms. The quantitative estimate of drug-likeness (QED) is 0.842. The molecule has 0 spiro atoms. The van der Waals surface area contributed by atoms with Gasteiger partial charge in [0.05, 0.1) is 11.0 Å². The summed E-state index contributed by atoms with van der Waals surface area (Å²) in [6, 6.07) is 8.81. The van der Waals surface area contributed by atoms with Gasteiger partial charge in [0.1, 0.15) is 0 Å². The zero-order valence-electron chi connectivity index (χ0n) is 10.6. The van der Waals surface area contributed by atoms with E-state index in [-0.39, 0.29) is 0 Å². The van der Waals surface area contributed by atoms with Crippen molar-refractivity contribution >= 4 is 23.3 Å². The number of rotatable bonds is 4. The van der Waals surface area contributed by atoms with E-state index in [1.54, 1.807) is 0 Å². The van der Waals surface area contributed by atoms with Gasteiger partial charge in [-0.25, -0.2) is 0 Å². The highest BCUT2D eigenvalue weighted by Crippen LogP contribution is 2.13. The van der Waals surface area contributed by atoms with Crippen LogP contribution in [0.5, 0.6) is 0 Å². The van der Waals surface area contributed by atoms with E-state index in [0.29, 0.717) is 6.04 Å². The fraction of sp³-hybridized carbons (Fsp3) is 0.462. The lowest BCUT2D eigenvalue weighted by molar-refractivity contribution is 0.263. The molecule has 1 N–H and O–H groups in total. The molecule has 0 aliphatic rings. The van der Waals surface area contributed by atoms with Crippen molar-refractivity contribution in [1.29, 1.82) is 0 Å². The minimum absolute atomic E-state index is 0.564. The lowest BCUT2D eigenvalue weighted by atomic mass is 10.3. The second-order valence-electron chi connectivity index (χ2n) is 4.67. The number of benzene rings is 1. The van der Waals surface area contributed by atoms with Crippen LogP contribution in [0.25, 0.3) is 11.0 Å². The van der Waals surface area contributed by atoms with Gasteiger partial charge in [0.15, 0.2) is 4.77 Å². The number of fused-ring (bicyclic) bond motifs is 1. The van der Waals surface area contributed by atoms with E-state index in [1.165, 1.54) is 5.52 Å². The Morgan fingerprint density at radius 1 is 1.35 bits per heavy atom. The number of hydrogen-bond donors (Lipinski definition) is 1. The maximum absolute atomic E-state index is 5.36. The molecular weight excluding hydrogens is 230 g/mol. The Hall–Kier alpha value is -1.13. The lowest BCUT2D eigenvalue weighted by Crippen LogP contribution is -2.29. The largest absolute Gasteiger partial charge is 0.331 e. The maximum atomic E-state index is 5.36. The molecule has 0 amide bonds. The number of nitrogens with one attached hydrogen (secondary N) is 1. The predicted octanol–water partition coefficient (Wildman–Crippen LogP) is 3.04. The zero-order valence-corrected chi connectivity index (χ0v) is 11.4. The number of para-hydroxylation sites is 2. The van der Waals surface area contributed by atoms with Crippen molar-refractivity contribution in [3.05, 3.63) is 29.0 Å². The summed E-state index contributed by atoms with van der Waals surface area (Å²) in [5.41, 5.74) is 2.30. The molecule has 0 radical (unpaired) electrons. The highest BCUT2D eigenvalue weighted by molar-refractivity contribution is 7.71. The number of nitrogens with zero attached hydrogens (tertiary/aromatic N) is 2. The van der Waals surface area contributed by atoms with Gasteiger partial charge in [0, 0.05) is 19.1 Å². The molecule has 2 rings (SSSR count). The summed E-state index contributed by atoms with van der Waals surface area (Å²) in [6.07, 6.45) is 0. The molecule has 1 aromatic heterocycles. The van der Waals surface area contributed by atoms with E-state index < -0.39 is 0 Å². The van der Waals surface area contributed by atoms with Crippen LogP contribution in [0.3, 0.4) is 0 Å². The zero-order chi connectivity index (χ0) is 12.4. The predicted molar refractivity (Wildman–Crippen MR) is 74.9 cm³/mol. The first kappa shape index (κ1) is 12.3. The van der Waals surface area contributed by atoms with Crippen LogP contribution < -0.4 is 0 Å². The Bertz CT molecular complexity index is 553. The number of aromatic nitrogens is 2. The molecule has 0 unspecified atom stereocenters. The van der Waals surface area contributed by atoms with Crippen LogP contribution in [0.2, 0.25) is 0 Å². The van der Waals surface area contributed by atoms with Crippen molar-refractivity contribution in [2.45, 2.75) is 26.4 Å². The first-order valence-corrected chi connectivity index (χ1v) is 6.38. The third kappa shape index (κ3) is 2.58. The fourth-order valence-electron chi connectivity index (χ4n) is 1.84. The summed E-state index contributed by atoms with van der Waals surface area (Å²) in [5, 5.41) is 0. The minimum atomic E-state index is 0.564. The number of aromatic amines is 1. The summed E-state index contributed by atoms with van der Waals surface area (Å²) in [4.78, 5) is 5.56. The van der Waals surface area contributed by atoms with Crippen molar-refractivity contribution in [2.75, 3.05) is 13.6 Å². The van der Waals surface area contributed by atoms with Crippen molar-refractivity contribution < 1.29 is 0 Å². The van der Waals surface area contributed by atoms with E-state index in [0.717, 1.165) is 23.4 Å². The number of hydrogen-bond acceptors (Lipinski definition) is 2. The average Bonchev–Trinajstić information content (AvgIpc) is 2.61. The van der Waals surface area contributed by atoms with Crippen molar-refractivity contribution in [2.24, 2.45) is 0 Å². The summed E-state index contributed by atoms with van der Waals surface area (Å²) in [6.45, 7) is 6.34. The second kappa shape index (κ2) is 5.02. The standard InChI is InChI=1S/C13H19N3S/c1-10(2)15(3)8-9-16-12-7-5-4-6-11(12)14-13(16)17/h4-7,10H,8-9H2,1-3H3,(H,14,17). The maximum Gasteiger partial charge on any atom is 0.178 e. The molecule has 2 aromatic rings. The van der Waals surface area contributed by atoms with Gasteiger partial charge in [-0.15, -0.1) is 0 Å². The topological polar surface area (TPSA) is 24.0 Å². The van der Waals surface area contributed by atoms with Gasteiger partial charge in [0.25, 0.3) is 0 Å². The minimum Gasteiger partial charge on any atom is -0.331 e. The third-order valence-electron chi connectivity index (χ3n) is 3.24. The lowest BCUT2D eigenvalue weighted by Gasteiger charge is -2.21. The van der Waals surface area contributed by atoms with Crippen LogP contribution in [0, 0.1) is 4.77 Å². The molecular formula is C13H19N3S. The first-order valence-electron chi connectivity index (χ1n) is 5.97. The average molecular weight is 249 g/mol. The molecule has 92 valence electrons. The Morgan fingerprint density at radius 2 is 2.06 bits per heavy atom. The normalized spacial score (nSPS) is 11.8. The molecule has 1 heterocycles. The van der Waals surface area contributed by atoms with Gasteiger partial charge in [-0.1, -0.05) is 12.1 Å². The van der Waals surface area contributed by atoms with E-state index in [2.05, 4.69) is 47.5 Å². The van der Waals surface area contributed by atoms with Crippen LogP contribution in [0.15, 0.2) is 24.3 Å². The van der Waals surface area contributed by atoms with Crippen LogP contribution in [-0.2, 0) is 6.54 Å². The number of imidazole rings is 1. The molecule has 0 saturated carbocycles. The van der Waals surface area contributed by atoms with Gasteiger partial charge >= 0.3 is 0 Å². The Balaban J connectivity index is 2.24. The van der Waals surface area contributed by atoms with Crippen LogP contribution in [0.1, 0.15) is 13.8 Å². The SMILES string of the molecule is CC(C)N(C)CCn1c(=S)[nH]c2ccccc21. The molecule has 0 saturated heterocycles. The van der Waals surface area contributed by atoms with Gasteiger partial charge in [-0.05, 0) is 45.2 Å². The van der Waals surface area contributed by atoms with Gasteiger partial charge in [-0.2, -0.15) is 0 Å². The van der Waals surface area contributed by atoms with Gasteiger partial charge in [0.2, 0.25) is 0 Å². The Labute approximate surface area is 107 Å². The highest BCUT2D eigenvalue weighted by Gasteiger charge is 2.06. The summed E-state index contributed by atoms with van der Waals surface area (Å²) < 4.78 is 2.98. The molecule has 4 heteroatoms. The molecule has 0 aliphatic carbocycles. The Morgan fingerprint density at radius 3 is 2.76 bits per heavy atom. The van der Waals surface area contributed by atoms with Crippen LogP contribution in [0.4, 0.5) is 0 Å². The smallest absolute Gasteiger partial charge is 0.178 e.